The molecule has 0 aromatic carbocycles. The van der Waals surface area contributed by atoms with Crippen LogP contribution in [0.25, 0.3) is 0 Å². The molecule has 2 heteroatoms. The molecule has 0 bridgehead atoms. The van der Waals surface area contributed by atoms with Crippen molar-refractivity contribution in [3.8, 4) is 0 Å². The zero-order valence-electron chi connectivity index (χ0n) is 12.6. The minimum absolute atomic E-state index is 0.316. The number of hydrogen-bond donors (Lipinski definition) is 1. The van der Waals surface area contributed by atoms with Crippen LogP contribution in [0.1, 0.15) is 65.2 Å². The molecule has 2 aliphatic rings. The van der Waals surface area contributed by atoms with E-state index in [9.17, 15) is 0 Å². The van der Waals surface area contributed by atoms with E-state index in [0.717, 1.165) is 24.4 Å². The molecular formula is C16H32N2. The fraction of sp³-hybridized carbons (Fsp3) is 1.00. The quantitative estimate of drug-likeness (QED) is 0.831. The van der Waals surface area contributed by atoms with Gasteiger partial charge in [0.15, 0.2) is 0 Å². The maximum Gasteiger partial charge on any atom is 0.0334 e. The molecule has 106 valence electrons. The first-order chi connectivity index (χ1) is 8.63. The predicted octanol–water partition coefficient (Wildman–Crippen LogP) is 3.40. The fourth-order valence-corrected chi connectivity index (χ4v) is 4.44. The number of rotatable bonds is 4. The standard InChI is InChI=1S/C16H32N2/c1-4-14-9-10-16(11-14,12-17)18(3)15-8-6-5-7-13(15)2/h13-15H,4-12,17H2,1-3H3. The molecule has 2 saturated carbocycles. The zero-order chi connectivity index (χ0) is 13.2. The monoisotopic (exact) mass is 252 g/mol. The molecular weight excluding hydrogens is 220 g/mol. The highest BCUT2D eigenvalue weighted by Crippen LogP contribution is 2.42. The predicted molar refractivity (Wildman–Crippen MR) is 78.6 cm³/mol. The molecule has 0 aromatic rings. The van der Waals surface area contributed by atoms with Crippen molar-refractivity contribution >= 4 is 0 Å². The summed E-state index contributed by atoms with van der Waals surface area (Å²) in [5, 5.41) is 0. The lowest BCUT2D eigenvalue weighted by Crippen LogP contribution is -2.56. The SMILES string of the molecule is CCC1CCC(CN)(N(C)C2CCCCC2C)C1. The molecule has 18 heavy (non-hydrogen) atoms. The van der Waals surface area contributed by atoms with Crippen LogP contribution in [0, 0.1) is 11.8 Å². The third kappa shape index (κ3) is 2.60. The molecule has 0 saturated heterocycles. The molecule has 0 spiro atoms. The smallest absolute Gasteiger partial charge is 0.0334 e. The van der Waals surface area contributed by atoms with Crippen molar-refractivity contribution in [2.45, 2.75) is 76.8 Å². The van der Waals surface area contributed by atoms with Gasteiger partial charge in [-0.3, -0.25) is 4.90 Å². The molecule has 0 heterocycles. The molecule has 4 unspecified atom stereocenters. The third-order valence-electron chi connectivity index (χ3n) is 5.96. The summed E-state index contributed by atoms with van der Waals surface area (Å²) in [6.07, 6.45) is 11.0. The zero-order valence-corrected chi connectivity index (χ0v) is 12.6. The molecule has 2 nitrogen and oxygen atoms in total. The van der Waals surface area contributed by atoms with Crippen molar-refractivity contribution in [2.24, 2.45) is 17.6 Å². The second kappa shape index (κ2) is 5.92. The number of nitrogens with two attached hydrogens (primary N) is 1. The van der Waals surface area contributed by atoms with Crippen LogP contribution >= 0.6 is 0 Å². The van der Waals surface area contributed by atoms with Gasteiger partial charge in [0.05, 0.1) is 0 Å². The normalized spacial score (nSPS) is 41.5. The summed E-state index contributed by atoms with van der Waals surface area (Å²) in [6, 6.07) is 0.776. The van der Waals surface area contributed by atoms with E-state index in [1.165, 1.54) is 51.4 Å². The topological polar surface area (TPSA) is 29.3 Å². The lowest BCUT2D eigenvalue weighted by molar-refractivity contribution is 0.0323. The fourth-order valence-electron chi connectivity index (χ4n) is 4.44. The van der Waals surface area contributed by atoms with Crippen LogP contribution in [0.15, 0.2) is 0 Å². The van der Waals surface area contributed by atoms with Crippen molar-refractivity contribution in [3.63, 3.8) is 0 Å². The first-order valence-electron chi connectivity index (χ1n) is 8.06. The van der Waals surface area contributed by atoms with Gasteiger partial charge in [-0.05, 0) is 51.0 Å². The van der Waals surface area contributed by atoms with Crippen LogP contribution in [0.4, 0.5) is 0 Å². The van der Waals surface area contributed by atoms with Crippen LogP contribution < -0.4 is 5.73 Å². The minimum Gasteiger partial charge on any atom is -0.329 e. The first kappa shape index (κ1) is 14.3. The van der Waals surface area contributed by atoms with Gasteiger partial charge in [0.25, 0.3) is 0 Å². The highest BCUT2D eigenvalue weighted by molar-refractivity contribution is 5.00. The Morgan fingerprint density at radius 2 is 1.94 bits per heavy atom. The highest BCUT2D eigenvalue weighted by Gasteiger charge is 2.44. The molecule has 2 rings (SSSR count). The average Bonchev–Trinajstić information content (AvgIpc) is 2.83. The van der Waals surface area contributed by atoms with Gasteiger partial charge in [-0.25, -0.2) is 0 Å². The van der Waals surface area contributed by atoms with Gasteiger partial charge in [-0.15, -0.1) is 0 Å². The Morgan fingerprint density at radius 3 is 2.50 bits per heavy atom. The van der Waals surface area contributed by atoms with Crippen LogP contribution in [0.2, 0.25) is 0 Å². The average molecular weight is 252 g/mol. The van der Waals surface area contributed by atoms with Gasteiger partial charge in [-0.1, -0.05) is 33.1 Å². The van der Waals surface area contributed by atoms with Crippen molar-refractivity contribution in [1.82, 2.24) is 4.90 Å². The summed E-state index contributed by atoms with van der Waals surface area (Å²) >= 11 is 0. The van der Waals surface area contributed by atoms with E-state index in [-0.39, 0.29) is 0 Å². The second-order valence-corrected chi connectivity index (χ2v) is 6.89. The van der Waals surface area contributed by atoms with Gasteiger partial charge >= 0.3 is 0 Å². The number of nitrogens with zero attached hydrogens (tertiary/aromatic N) is 1. The Bertz CT molecular complexity index is 266. The summed E-state index contributed by atoms with van der Waals surface area (Å²) in [5.41, 5.74) is 6.51. The largest absolute Gasteiger partial charge is 0.329 e. The second-order valence-electron chi connectivity index (χ2n) is 6.89. The van der Waals surface area contributed by atoms with Crippen molar-refractivity contribution in [1.29, 1.82) is 0 Å². The first-order valence-corrected chi connectivity index (χ1v) is 8.06. The molecule has 4 atom stereocenters. The van der Waals surface area contributed by atoms with Gasteiger partial charge in [0, 0.05) is 18.1 Å². The summed E-state index contributed by atoms with van der Waals surface area (Å²) in [7, 11) is 2.36. The molecule has 2 aliphatic carbocycles. The Labute approximate surface area is 113 Å². The molecule has 0 radical (unpaired) electrons. The summed E-state index contributed by atoms with van der Waals surface area (Å²) < 4.78 is 0. The van der Waals surface area contributed by atoms with E-state index >= 15 is 0 Å². The molecule has 2 fully saturated rings. The molecule has 2 N–H and O–H groups in total. The van der Waals surface area contributed by atoms with Crippen molar-refractivity contribution in [3.05, 3.63) is 0 Å². The van der Waals surface area contributed by atoms with E-state index in [4.69, 9.17) is 5.73 Å². The van der Waals surface area contributed by atoms with Crippen LogP contribution in [0.3, 0.4) is 0 Å². The lowest BCUT2D eigenvalue weighted by Gasteiger charge is -2.47. The Balaban J connectivity index is 2.07. The van der Waals surface area contributed by atoms with E-state index in [1.54, 1.807) is 0 Å². The Kier molecular flexibility index (Phi) is 4.71. The third-order valence-corrected chi connectivity index (χ3v) is 5.96. The maximum absolute atomic E-state index is 6.20. The van der Waals surface area contributed by atoms with E-state index in [2.05, 4.69) is 25.8 Å². The molecule has 0 aliphatic heterocycles. The van der Waals surface area contributed by atoms with Crippen molar-refractivity contribution < 1.29 is 0 Å². The minimum atomic E-state index is 0.316. The van der Waals surface area contributed by atoms with E-state index < -0.39 is 0 Å². The van der Waals surface area contributed by atoms with Crippen molar-refractivity contribution in [2.75, 3.05) is 13.6 Å². The van der Waals surface area contributed by atoms with E-state index in [0.29, 0.717) is 5.54 Å². The van der Waals surface area contributed by atoms with Crippen LogP contribution in [-0.4, -0.2) is 30.1 Å². The van der Waals surface area contributed by atoms with E-state index in [1.807, 2.05) is 0 Å². The lowest BCUT2D eigenvalue weighted by atomic mass is 9.81. The number of hydrogen-bond acceptors (Lipinski definition) is 2. The Hall–Kier alpha value is -0.0800. The summed E-state index contributed by atoms with van der Waals surface area (Å²) in [5.74, 6) is 1.77. The van der Waals surface area contributed by atoms with Gasteiger partial charge < -0.3 is 5.73 Å². The highest BCUT2D eigenvalue weighted by atomic mass is 15.2. The Morgan fingerprint density at radius 1 is 1.22 bits per heavy atom. The van der Waals surface area contributed by atoms with Crippen LogP contribution in [-0.2, 0) is 0 Å². The maximum atomic E-state index is 6.20. The molecule has 0 amide bonds. The van der Waals surface area contributed by atoms with Crippen LogP contribution in [0.5, 0.6) is 0 Å². The van der Waals surface area contributed by atoms with Gasteiger partial charge in [0.1, 0.15) is 0 Å². The molecule has 0 aromatic heterocycles. The number of likely N-dealkylation sites (N-methyl/N-ethyl adjacent to an activating group) is 1. The van der Waals surface area contributed by atoms with Gasteiger partial charge in [0.2, 0.25) is 0 Å². The summed E-state index contributed by atoms with van der Waals surface area (Å²) in [4.78, 5) is 2.70. The summed E-state index contributed by atoms with van der Waals surface area (Å²) in [6.45, 7) is 5.63. The van der Waals surface area contributed by atoms with Gasteiger partial charge in [-0.2, -0.15) is 0 Å².